The lowest BCUT2D eigenvalue weighted by molar-refractivity contribution is 0.131. The summed E-state index contributed by atoms with van der Waals surface area (Å²) in [5, 5.41) is 28.5. The van der Waals surface area contributed by atoms with Gasteiger partial charge in [0.1, 0.15) is 28.6 Å². The number of ether oxygens (including phenoxy) is 1. The minimum absolute atomic E-state index is 0.102. The van der Waals surface area contributed by atoms with E-state index in [9.17, 15) is 15.3 Å². The molecule has 6 rings (SSSR count). The van der Waals surface area contributed by atoms with E-state index < -0.39 is 0 Å². The number of phenols is 3. The zero-order chi connectivity index (χ0) is 32.5. The maximum absolute atomic E-state index is 9.49. The van der Waals surface area contributed by atoms with E-state index in [-0.39, 0.29) is 44.6 Å². The van der Waals surface area contributed by atoms with Crippen LogP contribution in [-0.4, -0.2) is 20.9 Å². The molecule has 0 fully saturated rings. The zero-order valence-electron chi connectivity index (χ0n) is 26.1. The van der Waals surface area contributed by atoms with Crippen LogP contribution in [0.15, 0.2) is 187 Å². The van der Waals surface area contributed by atoms with Crippen molar-refractivity contribution in [2.75, 3.05) is 0 Å². The average Bonchev–Trinajstić information content (AvgIpc) is 3.05. The lowest BCUT2D eigenvalue weighted by Gasteiger charge is -2.21. The molecule has 0 saturated carbocycles. The molecule has 6 aromatic rings. The van der Waals surface area contributed by atoms with Crippen LogP contribution in [0.1, 0.15) is 20.8 Å². The summed E-state index contributed by atoms with van der Waals surface area (Å²) in [6, 6.07) is 51.2. The molecule has 0 amide bonds. The monoisotopic (exact) mass is 646 g/mol. The molecule has 0 spiro atoms. The summed E-state index contributed by atoms with van der Waals surface area (Å²) in [5.41, 5.74) is -0.179. The highest BCUT2D eigenvalue weighted by atomic mass is 32.2. The first-order chi connectivity index (χ1) is 22.2. The van der Waals surface area contributed by atoms with Crippen LogP contribution in [0.4, 0.5) is 0 Å². The number of benzene rings is 6. The van der Waals surface area contributed by atoms with Crippen LogP contribution in [0.5, 0.6) is 23.0 Å². The Bertz CT molecular complexity index is 1640. The van der Waals surface area contributed by atoms with Crippen LogP contribution in [-0.2, 0) is 21.8 Å². The van der Waals surface area contributed by atoms with Crippen molar-refractivity contribution >= 4 is 21.8 Å². The van der Waals surface area contributed by atoms with Gasteiger partial charge in [-0.05, 0) is 142 Å². The Hall–Kier alpha value is -4.78. The second kappa shape index (κ2) is 15.0. The smallest absolute Gasteiger partial charge is 0.166 e. The van der Waals surface area contributed by atoms with E-state index in [1.807, 2.05) is 36.4 Å². The Morgan fingerprint density at radius 3 is 0.913 bits per heavy atom. The van der Waals surface area contributed by atoms with Crippen LogP contribution in [0, 0.1) is 0 Å². The molecule has 0 atom stereocenters. The molecule has 46 heavy (non-hydrogen) atoms. The van der Waals surface area contributed by atoms with E-state index in [4.69, 9.17) is 4.74 Å². The van der Waals surface area contributed by atoms with Gasteiger partial charge in [-0.25, -0.2) is 0 Å². The predicted octanol–water partition coefficient (Wildman–Crippen LogP) is 9.86. The van der Waals surface area contributed by atoms with Gasteiger partial charge in [-0.1, -0.05) is 36.4 Å². The predicted molar refractivity (Wildman–Crippen MR) is 188 cm³/mol. The summed E-state index contributed by atoms with van der Waals surface area (Å²) < 4.78 is 5.95. The standard InChI is InChI=1S/C22H23OS.C18H14O3S/c1-22(2,3)23-18-14-16-21(17-15-18)24(19-10-6-4-7-11-19)20-12-8-5-9-13-20;19-13-1-7-16(8-2-13)22(17-9-3-14(20)4-10-17)18-11-5-15(21)6-12-18/h4-17H,1-3H3;1-12H,(H2-,19,20,21)/q+1;/p+1. The lowest BCUT2D eigenvalue weighted by Crippen LogP contribution is -2.22. The number of rotatable bonds is 7. The molecule has 0 aliphatic carbocycles. The van der Waals surface area contributed by atoms with Gasteiger partial charge in [0.25, 0.3) is 0 Å². The Labute approximate surface area is 277 Å². The Morgan fingerprint density at radius 2 is 0.630 bits per heavy atom. The van der Waals surface area contributed by atoms with Crippen LogP contribution >= 0.6 is 0 Å². The fourth-order valence-corrected chi connectivity index (χ4v) is 8.80. The lowest BCUT2D eigenvalue weighted by atomic mass is 10.2. The molecule has 0 radical (unpaired) electrons. The fraction of sp³-hybridized carbons (Fsp3) is 0.100. The van der Waals surface area contributed by atoms with Crippen molar-refractivity contribution in [3.05, 3.63) is 158 Å². The molecule has 0 heterocycles. The summed E-state index contributed by atoms with van der Waals surface area (Å²) in [5.74, 6) is 1.59. The van der Waals surface area contributed by atoms with Crippen LogP contribution in [0.2, 0.25) is 0 Å². The highest BCUT2D eigenvalue weighted by Gasteiger charge is 2.29. The van der Waals surface area contributed by atoms with Crippen LogP contribution < -0.4 is 4.74 Å². The van der Waals surface area contributed by atoms with Crippen molar-refractivity contribution in [2.45, 2.75) is 55.7 Å². The number of hydrogen-bond donors (Lipinski definition) is 3. The van der Waals surface area contributed by atoms with E-state index >= 15 is 0 Å². The molecule has 4 nitrogen and oxygen atoms in total. The van der Waals surface area contributed by atoms with Crippen molar-refractivity contribution in [1.29, 1.82) is 0 Å². The average molecular weight is 647 g/mol. The van der Waals surface area contributed by atoms with Crippen molar-refractivity contribution in [1.82, 2.24) is 0 Å². The van der Waals surface area contributed by atoms with Crippen molar-refractivity contribution in [3.8, 4) is 23.0 Å². The number of phenolic OH excluding ortho intramolecular Hbond substituents is 3. The van der Waals surface area contributed by atoms with E-state index in [1.165, 1.54) is 14.7 Å². The van der Waals surface area contributed by atoms with E-state index in [0.717, 1.165) is 20.4 Å². The minimum Gasteiger partial charge on any atom is -0.508 e. The maximum atomic E-state index is 9.49. The third-order valence-corrected chi connectivity index (χ3v) is 11.1. The Balaban J connectivity index is 0.000000182. The molecule has 6 aromatic carbocycles. The van der Waals surface area contributed by atoms with Gasteiger partial charge in [-0.15, -0.1) is 0 Å². The number of aromatic hydroxyl groups is 3. The number of hydrogen-bond acceptors (Lipinski definition) is 4. The second-order valence-electron chi connectivity index (χ2n) is 11.4. The van der Waals surface area contributed by atoms with Gasteiger partial charge < -0.3 is 20.1 Å². The first kappa shape index (κ1) is 32.6. The second-order valence-corrected chi connectivity index (χ2v) is 15.5. The van der Waals surface area contributed by atoms with E-state index in [1.54, 1.807) is 36.4 Å². The SMILES string of the molecule is CC(C)(C)Oc1ccc([S+](c2ccccc2)c2ccccc2)cc1.Oc1ccc([S+](c2ccc(O)cc2)c2ccc(O)cc2)cc1. The van der Waals surface area contributed by atoms with Gasteiger partial charge in [0.05, 0.1) is 21.8 Å². The van der Waals surface area contributed by atoms with Gasteiger partial charge in [-0.3, -0.25) is 0 Å². The molecular formula is C40H38O4S2+2. The maximum Gasteiger partial charge on any atom is 0.166 e. The third kappa shape index (κ3) is 8.90. The fourth-order valence-electron chi connectivity index (χ4n) is 4.67. The normalized spacial score (nSPS) is 11.2. The first-order valence-electron chi connectivity index (χ1n) is 14.9. The quantitative estimate of drug-likeness (QED) is 0.151. The van der Waals surface area contributed by atoms with Gasteiger partial charge in [0, 0.05) is 0 Å². The Kier molecular flexibility index (Phi) is 10.6. The zero-order valence-corrected chi connectivity index (χ0v) is 27.7. The van der Waals surface area contributed by atoms with Crippen molar-refractivity contribution in [2.24, 2.45) is 0 Å². The summed E-state index contributed by atoms with van der Waals surface area (Å²) in [6.07, 6.45) is 0. The molecule has 0 bridgehead atoms. The van der Waals surface area contributed by atoms with Crippen molar-refractivity contribution < 1.29 is 20.1 Å². The largest absolute Gasteiger partial charge is 0.508 e. The van der Waals surface area contributed by atoms with Gasteiger partial charge in [0.2, 0.25) is 0 Å². The van der Waals surface area contributed by atoms with E-state index in [0.29, 0.717) is 0 Å². The molecule has 0 aromatic heterocycles. The van der Waals surface area contributed by atoms with Gasteiger partial charge in [-0.2, -0.15) is 0 Å². The summed E-state index contributed by atoms with van der Waals surface area (Å²) in [7, 11) is -0.474. The molecule has 0 aliphatic rings. The summed E-state index contributed by atoms with van der Waals surface area (Å²) in [4.78, 5) is 7.10. The minimum atomic E-state index is -0.373. The van der Waals surface area contributed by atoms with Crippen LogP contribution in [0.25, 0.3) is 0 Å². The molecule has 0 unspecified atom stereocenters. The first-order valence-corrected chi connectivity index (χ1v) is 17.4. The molecule has 0 saturated heterocycles. The Morgan fingerprint density at radius 1 is 0.370 bits per heavy atom. The molecule has 232 valence electrons. The van der Waals surface area contributed by atoms with E-state index in [2.05, 4.69) is 106 Å². The summed E-state index contributed by atoms with van der Waals surface area (Å²) in [6.45, 7) is 6.21. The highest BCUT2D eigenvalue weighted by Crippen LogP contribution is 2.34. The summed E-state index contributed by atoms with van der Waals surface area (Å²) >= 11 is 0. The molecule has 3 N–H and O–H groups in total. The molecule has 0 aliphatic heterocycles. The highest BCUT2D eigenvalue weighted by molar-refractivity contribution is 7.97. The van der Waals surface area contributed by atoms with Gasteiger partial charge in [0.15, 0.2) is 29.4 Å². The molecule has 6 heteroatoms. The topological polar surface area (TPSA) is 69.9 Å². The molecular weight excluding hydrogens is 609 g/mol. The third-order valence-electron chi connectivity index (χ3n) is 6.66. The van der Waals surface area contributed by atoms with Crippen molar-refractivity contribution in [3.63, 3.8) is 0 Å². The van der Waals surface area contributed by atoms with Crippen LogP contribution in [0.3, 0.4) is 0 Å². The van der Waals surface area contributed by atoms with Gasteiger partial charge >= 0.3 is 0 Å².